The van der Waals surface area contributed by atoms with Crippen molar-refractivity contribution in [3.05, 3.63) is 59.2 Å². The summed E-state index contributed by atoms with van der Waals surface area (Å²) in [4.78, 5) is 23.3. The maximum atomic E-state index is 12.4. The molecule has 7 heteroatoms. The van der Waals surface area contributed by atoms with E-state index in [2.05, 4.69) is 5.32 Å². The number of carboxylic acids is 1. The third-order valence-corrected chi connectivity index (χ3v) is 3.57. The van der Waals surface area contributed by atoms with Crippen LogP contribution in [0, 0.1) is 11.3 Å². The maximum absolute atomic E-state index is 12.4. The zero-order valence-corrected chi connectivity index (χ0v) is 14.9. The van der Waals surface area contributed by atoms with Crippen LogP contribution in [-0.4, -0.2) is 30.7 Å². The molecule has 0 atom stereocenters. The van der Waals surface area contributed by atoms with Gasteiger partial charge in [0, 0.05) is 11.3 Å². The number of methoxy groups -OCH3 is 1. The molecular formula is C20H18N2O5. The molecule has 0 fully saturated rings. The minimum atomic E-state index is -1.06. The Morgan fingerprint density at radius 2 is 1.93 bits per heavy atom. The van der Waals surface area contributed by atoms with E-state index in [4.69, 9.17) is 14.6 Å². The smallest absolute Gasteiger partial charge is 0.335 e. The lowest BCUT2D eigenvalue weighted by molar-refractivity contribution is -0.112. The van der Waals surface area contributed by atoms with Crippen molar-refractivity contribution in [1.29, 1.82) is 5.26 Å². The van der Waals surface area contributed by atoms with Gasteiger partial charge < -0.3 is 19.9 Å². The Kier molecular flexibility index (Phi) is 6.55. The number of carbonyl (C=O) groups excluding carboxylic acids is 1. The molecule has 2 aromatic rings. The van der Waals surface area contributed by atoms with Crippen molar-refractivity contribution in [2.24, 2.45) is 0 Å². The van der Waals surface area contributed by atoms with E-state index in [0.717, 1.165) is 0 Å². The maximum Gasteiger partial charge on any atom is 0.335 e. The SMILES string of the molecule is CCOc1cccc(/C=C(\C#N)C(=O)Nc2ccc(C(=O)O)cc2)c1OC. The molecule has 7 nitrogen and oxygen atoms in total. The fourth-order valence-corrected chi connectivity index (χ4v) is 2.33. The predicted octanol–water partition coefficient (Wildman–Crippen LogP) is 3.34. The first-order chi connectivity index (χ1) is 13.0. The zero-order chi connectivity index (χ0) is 19.8. The molecular weight excluding hydrogens is 348 g/mol. The van der Waals surface area contributed by atoms with E-state index in [-0.39, 0.29) is 11.1 Å². The lowest BCUT2D eigenvalue weighted by Gasteiger charge is -2.12. The molecule has 1 amide bonds. The lowest BCUT2D eigenvalue weighted by Crippen LogP contribution is -2.13. The topological polar surface area (TPSA) is 109 Å². The Labute approximate surface area is 156 Å². The molecule has 0 saturated heterocycles. The van der Waals surface area contributed by atoms with Gasteiger partial charge in [0.15, 0.2) is 11.5 Å². The van der Waals surface area contributed by atoms with Crippen LogP contribution in [0.4, 0.5) is 5.69 Å². The molecule has 0 aliphatic heterocycles. The van der Waals surface area contributed by atoms with Crippen LogP contribution in [0.15, 0.2) is 48.0 Å². The molecule has 0 aliphatic carbocycles. The Morgan fingerprint density at radius 3 is 2.48 bits per heavy atom. The van der Waals surface area contributed by atoms with Crippen molar-refractivity contribution in [3.63, 3.8) is 0 Å². The summed E-state index contributed by atoms with van der Waals surface area (Å²) in [5.41, 5.74) is 0.864. The molecule has 2 aromatic carbocycles. The van der Waals surface area contributed by atoms with Crippen molar-refractivity contribution in [2.75, 3.05) is 19.0 Å². The Balaban J connectivity index is 2.28. The van der Waals surface area contributed by atoms with E-state index in [1.54, 1.807) is 18.2 Å². The summed E-state index contributed by atoms with van der Waals surface area (Å²) >= 11 is 0. The number of benzene rings is 2. The van der Waals surface area contributed by atoms with Crippen LogP contribution in [0.1, 0.15) is 22.8 Å². The van der Waals surface area contributed by atoms with Crippen LogP contribution in [0.25, 0.3) is 6.08 Å². The molecule has 2 N–H and O–H groups in total. The van der Waals surface area contributed by atoms with Gasteiger partial charge in [0.25, 0.3) is 5.91 Å². The second-order valence-corrected chi connectivity index (χ2v) is 5.32. The fourth-order valence-electron chi connectivity index (χ4n) is 2.33. The molecule has 0 radical (unpaired) electrons. The average molecular weight is 366 g/mol. The quantitative estimate of drug-likeness (QED) is 0.575. The third-order valence-electron chi connectivity index (χ3n) is 3.57. The number of anilines is 1. The molecule has 0 saturated carbocycles. The van der Waals surface area contributed by atoms with Gasteiger partial charge in [-0.15, -0.1) is 0 Å². The highest BCUT2D eigenvalue weighted by molar-refractivity contribution is 6.10. The molecule has 138 valence electrons. The molecule has 0 aliphatic rings. The molecule has 0 aromatic heterocycles. The summed E-state index contributed by atoms with van der Waals surface area (Å²) < 4.78 is 10.8. The molecule has 0 spiro atoms. The van der Waals surface area contributed by atoms with Gasteiger partial charge in [0.2, 0.25) is 0 Å². The predicted molar refractivity (Wildman–Crippen MR) is 99.8 cm³/mol. The van der Waals surface area contributed by atoms with Gasteiger partial charge in [-0.3, -0.25) is 4.79 Å². The lowest BCUT2D eigenvalue weighted by atomic mass is 10.1. The Bertz CT molecular complexity index is 911. The third kappa shape index (κ3) is 4.86. The highest BCUT2D eigenvalue weighted by Gasteiger charge is 2.14. The number of ether oxygens (including phenoxy) is 2. The highest BCUT2D eigenvalue weighted by atomic mass is 16.5. The summed E-state index contributed by atoms with van der Waals surface area (Å²) in [7, 11) is 1.48. The zero-order valence-electron chi connectivity index (χ0n) is 14.9. The average Bonchev–Trinajstić information content (AvgIpc) is 2.66. The Hall–Kier alpha value is -3.79. The summed E-state index contributed by atoms with van der Waals surface area (Å²) in [5.74, 6) is -0.752. The molecule has 0 heterocycles. The number of aromatic carboxylic acids is 1. The van der Waals surface area contributed by atoms with E-state index in [1.807, 2.05) is 13.0 Å². The van der Waals surface area contributed by atoms with Crippen molar-refractivity contribution in [1.82, 2.24) is 0 Å². The largest absolute Gasteiger partial charge is 0.492 e. The molecule has 27 heavy (non-hydrogen) atoms. The van der Waals surface area contributed by atoms with E-state index in [9.17, 15) is 14.9 Å². The summed E-state index contributed by atoms with van der Waals surface area (Å²) in [6, 6.07) is 12.7. The van der Waals surface area contributed by atoms with Crippen LogP contribution in [0.2, 0.25) is 0 Å². The number of rotatable bonds is 7. The first-order valence-corrected chi connectivity index (χ1v) is 8.06. The minimum absolute atomic E-state index is 0.0986. The van der Waals surface area contributed by atoms with Crippen molar-refractivity contribution >= 4 is 23.6 Å². The van der Waals surface area contributed by atoms with E-state index >= 15 is 0 Å². The van der Waals surface area contributed by atoms with E-state index in [0.29, 0.717) is 29.4 Å². The number of nitrogens with one attached hydrogen (secondary N) is 1. The normalized spacial score (nSPS) is 10.6. The van der Waals surface area contributed by atoms with Crippen molar-refractivity contribution in [2.45, 2.75) is 6.92 Å². The van der Waals surface area contributed by atoms with Crippen LogP contribution in [-0.2, 0) is 4.79 Å². The monoisotopic (exact) mass is 366 g/mol. The number of amides is 1. The fraction of sp³-hybridized carbons (Fsp3) is 0.150. The number of hydrogen-bond acceptors (Lipinski definition) is 5. The standard InChI is InChI=1S/C20H18N2O5/c1-3-27-17-6-4-5-14(18(17)26-2)11-15(12-21)19(23)22-16-9-7-13(8-10-16)20(24)25/h4-11H,3H2,1-2H3,(H,22,23)(H,24,25)/b15-11+. The van der Waals surface area contributed by atoms with E-state index < -0.39 is 11.9 Å². The number of carboxylic acid groups (broad SMARTS) is 1. The van der Waals surface area contributed by atoms with Crippen LogP contribution in [0.3, 0.4) is 0 Å². The summed E-state index contributed by atoms with van der Waals surface area (Å²) in [6.07, 6.45) is 1.41. The number of hydrogen-bond donors (Lipinski definition) is 2. The van der Waals surface area contributed by atoms with Gasteiger partial charge in [-0.05, 0) is 43.3 Å². The van der Waals surface area contributed by atoms with Crippen LogP contribution < -0.4 is 14.8 Å². The first kappa shape index (κ1) is 19.5. The van der Waals surface area contributed by atoms with Gasteiger partial charge in [0.1, 0.15) is 11.6 Å². The van der Waals surface area contributed by atoms with Gasteiger partial charge in [-0.1, -0.05) is 12.1 Å². The summed E-state index contributed by atoms with van der Waals surface area (Å²) in [6.45, 7) is 2.28. The number of carbonyl (C=O) groups is 2. The highest BCUT2D eigenvalue weighted by Crippen LogP contribution is 2.32. The van der Waals surface area contributed by atoms with E-state index in [1.165, 1.54) is 37.5 Å². The van der Waals surface area contributed by atoms with Crippen molar-refractivity contribution < 1.29 is 24.2 Å². The number of nitriles is 1. The molecule has 0 unspecified atom stereocenters. The number of para-hydroxylation sites is 1. The number of nitrogens with zero attached hydrogens (tertiary/aromatic N) is 1. The molecule has 2 rings (SSSR count). The van der Waals surface area contributed by atoms with Crippen LogP contribution in [0.5, 0.6) is 11.5 Å². The van der Waals surface area contributed by atoms with Crippen LogP contribution >= 0.6 is 0 Å². The minimum Gasteiger partial charge on any atom is -0.492 e. The second kappa shape index (κ2) is 9.06. The summed E-state index contributed by atoms with van der Waals surface area (Å²) in [5, 5.41) is 20.8. The second-order valence-electron chi connectivity index (χ2n) is 5.32. The Morgan fingerprint density at radius 1 is 1.22 bits per heavy atom. The van der Waals surface area contributed by atoms with Crippen molar-refractivity contribution in [3.8, 4) is 17.6 Å². The van der Waals surface area contributed by atoms with Gasteiger partial charge >= 0.3 is 5.97 Å². The molecule has 0 bridgehead atoms. The van der Waals surface area contributed by atoms with Gasteiger partial charge in [-0.25, -0.2) is 4.79 Å². The van der Waals surface area contributed by atoms with Gasteiger partial charge in [0.05, 0.1) is 19.3 Å². The first-order valence-electron chi connectivity index (χ1n) is 8.06. The van der Waals surface area contributed by atoms with Gasteiger partial charge in [-0.2, -0.15) is 5.26 Å².